The molecule has 2 aromatic carbocycles. The summed E-state index contributed by atoms with van der Waals surface area (Å²) >= 11 is 3.44. The highest BCUT2D eigenvalue weighted by Crippen LogP contribution is 2.33. The number of methoxy groups -OCH3 is 1. The van der Waals surface area contributed by atoms with Gasteiger partial charge in [-0.1, -0.05) is 28.1 Å². The molecule has 0 spiro atoms. The summed E-state index contributed by atoms with van der Waals surface area (Å²) < 4.78 is 6.30. The fourth-order valence-corrected chi connectivity index (χ4v) is 2.97. The molecule has 2 N–H and O–H groups in total. The van der Waals surface area contributed by atoms with Crippen LogP contribution in [-0.2, 0) is 11.2 Å². The van der Waals surface area contributed by atoms with Gasteiger partial charge in [-0.15, -0.1) is 0 Å². The number of fused-ring (bicyclic) bond motifs is 1. The number of carboxylic acids is 1. The molecule has 4 nitrogen and oxygen atoms in total. The van der Waals surface area contributed by atoms with Crippen LogP contribution in [0.5, 0.6) is 5.75 Å². The van der Waals surface area contributed by atoms with Crippen molar-refractivity contribution in [3.8, 4) is 17.0 Å². The van der Waals surface area contributed by atoms with E-state index in [1.165, 1.54) is 0 Å². The van der Waals surface area contributed by atoms with Crippen molar-refractivity contribution in [1.82, 2.24) is 4.98 Å². The summed E-state index contributed by atoms with van der Waals surface area (Å²) in [7, 11) is 1.63. The van der Waals surface area contributed by atoms with Crippen molar-refractivity contribution in [2.75, 3.05) is 7.11 Å². The molecule has 0 unspecified atom stereocenters. The van der Waals surface area contributed by atoms with Crippen molar-refractivity contribution in [3.05, 3.63) is 52.5 Å². The number of rotatable bonds is 5. The number of aryl methyl sites for hydroxylation is 1. The predicted octanol–water partition coefficient (Wildman–Crippen LogP) is 4.62. The number of hydrogen-bond acceptors (Lipinski definition) is 2. The van der Waals surface area contributed by atoms with E-state index >= 15 is 0 Å². The van der Waals surface area contributed by atoms with E-state index in [0.717, 1.165) is 37.9 Å². The number of hydrogen-bond donors (Lipinski definition) is 2. The lowest BCUT2D eigenvalue weighted by Crippen LogP contribution is -1.98. The number of carbonyl (C=O) groups is 1. The molecule has 0 atom stereocenters. The van der Waals surface area contributed by atoms with Gasteiger partial charge in [0, 0.05) is 27.5 Å². The predicted molar refractivity (Wildman–Crippen MR) is 93.9 cm³/mol. The Balaban J connectivity index is 2.16. The molecule has 3 aromatic rings. The highest BCUT2D eigenvalue weighted by molar-refractivity contribution is 9.10. The van der Waals surface area contributed by atoms with Gasteiger partial charge in [-0.05, 0) is 47.9 Å². The lowest BCUT2D eigenvalue weighted by Gasteiger charge is -2.05. The number of carboxylic acid groups (broad SMARTS) is 1. The number of aromatic nitrogens is 1. The molecule has 0 aliphatic rings. The van der Waals surface area contributed by atoms with Crippen LogP contribution < -0.4 is 4.74 Å². The smallest absolute Gasteiger partial charge is 0.303 e. The lowest BCUT2D eigenvalue weighted by molar-refractivity contribution is -0.136. The first-order valence-corrected chi connectivity index (χ1v) is 8.04. The third-order valence-corrected chi connectivity index (χ3v) is 4.36. The molecule has 0 bridgehead atoms. The first-order chi connectivity index (χ1) is 11.1. The summed E-state index contributed by atoms with van der Waals surface area (Å²) in [4.78, 5) is 14.4. The Bertz CT molecular complexity index is 853. The summed E-state index contributed by atoms with van der Waals surface area (Å²) in [6.07, 6.45) is 0.557. The molecule has 1 aromatic heterocycles. The Kier molecular flexibility index (Phi) is 4.39. The second-order valence-corrected chi connectivity index (χ2v) is 6.21. The van der Waals surface area contributed by atoms with Crippen molar-refractivity contribution in [3.63, 3.8) is 0 Å². The van der Waals surface area contributed by atoms with Crippen LogP contribution in [0.15, 0.2) is 46.9 Å². The van der Waals surface area contributed by atoms with E-state index in [4.69, 9.17) is 9.84 Å². The number of nitrogens with one attached hydrogen (secondary N) is 1. The fraction of sp³-hybridized carbons (Fsp3) is 0.167. The third kappa shape index (κ3) is 3.24. The van der Waals surface area contributed by atoms with E-state index in [0.29, 0.717) is 6.42 Å². The number of halogens is 1. The summed E-state index contributed by atoms with van der Waals surface area (Å²) in [6.45, 7) is 0. The van der Waals surface area contributed by atoms with Gasteiger partial charge in [-0.2, -0.15) is 0 Å². The third-order valence-electron chi connectivity index (χ3n) is 3.84. The Morgan fingerprint density at radius 2 is 1.96 bits per heavy atom. The zero-order chi connectivity index (χ0) is 16.4. The largest absolute Gasteiger partial charge is 0.497 e. The van der Waals surface area contributed by atoms with Crippen LogP contribution in [0, 0.1) is 0 Å². The van der Waals surface area contributed by atoms with Gasteiger partial charge in [0.1, 0.15) is 5.75 Å². The first-order valence-electron chi connectivity index (χ1n) is 7.25. The topological polar surface area (TPSA) is 62.3 Å². The van der Waals surface area contributed by atoms with E-state index in [1.54, 1.807) is 7.11 Å². The van der Waals surface area contributed by atoms with Crippen LogP contribution in [0.4, 0.5) is 0 Å². The van der Waals surface area contributed by atoms with E-state index in [9.17, 15) is 4.79 Å². The molecule has 23 heavy (non-hydrogen) atoms. The maximum absolute atomic E-state index is 11.0. The van der Waals surface area contributed by atoms with E-state index < -0.39 is 5.97 Å². The van der Waals surface area contributed by atoms with Crippen LogP contribution in [0.2, 0.25) is 0 Å². The fourth-order valence-electron chi connectivity index (χ4n) is 2.71. The Morgan fingerprint density at radius 1 is 1.22 bits per heavy atom. The molecule has 5 heteroatoms. The number of H-pyrrole nitrogens is 1. The normalized spacial score (nSPS) is 10.9. The molecule has 0 amide bonds. The molecular weight excluding hydrogens is 358 g/mol. The van der Waals surface area contributed by atoms with Gasteiger partial charge >= 0.3 is 5.97 Å². The molecule has 0 fully saturated rings. The van der Waals surface area contributed by atoms with Gasteiger partial charge in [0.05, 0.1) is 7.11 Å². The summed E-state index contributed by atoms with van der Waals surface area (Å²) in [6, 6.07) is 13.8. The van der Waals surface area contributed by atoms with Crippen molar-refractivity contribution < 1.29 is 14.6 Å². The minimum atomic E-state index is -0.802. The van der Waals surface area contributed by atoms with Gasteiger partial charge in [0.15, 0.2) is 0 Å². The molecule has 0 saturated carbocycles. The van der Waals surface area contributed by atoms with Gasteiger partial charge in [-0.3, -0.25) is 4.79 Å². The Hall–Kier alpha value is -2.27. The van der Waals surface area contributed by atoms with Crippen LogP contribution in [-0.4, -0.2) is 23.2 Å². The van der Waals surface area contributed by atoms with Crippen LogP contribution >= 0.6 is 15.9 Å². The second-order valence-electron chi connectivity index (χ2n) is 5.29. The average molecular weight is 374 g/mol. The molecule has 118 valence electrons. The Labute approximate surface area is 142 Å². The quantitative estimate of drug-likeness (QED) is 0.685. The van der Waals surface area contributed by atoms with Crippen LogP contribution in [0.3, 0.4) is 0 Å². The molecular formula is C18H16BrNO3. The first kappa shape index (κ1) is 15.6. The van der Waals surface area contributed by atoms with E-state index in [2.05, 4.69) is 20.9 Å². The molecule has 0 saturated heterocycles. The Morgan fingerprint density at radius 3 is 2.61 bits per heavy atom. The van der Waals surface area contributed by atoms with Gasteiger partial charge in [0.25, 0.3) is 0 Å². The highest BCUT2D eigenvalue weighted by Gasteiger charge is 2.15. The van der Waals surface area contributed by atoms with Crippen molar-refractivity contribution in [2.24, 2.45) is 0 Å². The summed E-state index contributed by atoms with van der Waals surface area (Å²) in [5, 5.41) is 10.0. The second kappa shape index (κ2) is 6.46. The minimum absolute atomic E-state index is 0.0910. The number of ether oxygens (including phenoxy) is 1. The number of benzene rings is 2. The molecule has 1 heterocycles. The number of aliphatic carboxylic acids is 1. The van der Waals surface area contributed by atoms with Gasteiger partial charge in [-0.25, -0.2) is 0 Å². The summed E-state index contributed by atoms with van der Waals surface area (Å²) in [5.41, 5.74) is 3.97. The molecule has 0 radical (unpaired) electrons. The lowest BCUT2D eigenvalue weighted by atomic mass is 10.0. The van der Waals surface area contributed by atoms with E-state index in [1.807, 2.05) is 42.5 Å². The van der Waals surface area contributed by atoms with Crippen LogP contribution in [0.25, 0.3) is 22.2 Å². The van der Waals surface area contributed by atoms with Gasteiger partial charge in [0.2, 0.25) is 0 Å². The molecule has 0 aliphatic carbocycles. The summed E-state index contributed by atoms with van der Waals surface area (Å²) in [5.74, 6) is -0.0422. The minimum Gasteiger partial charge on any atom is -0.497 e. The SMILES string of the molecule is COc1ccc2[nH]c(-c3ccc(Br)cc3)c(CCC(=O)O)c2c1. The zero-order valence-electron chi connectivity index (χ0n) is 12.6. The monoisotopic (exact) mass is 373 g/mol. The van der Waals surface area contributed by atoms with Crippen molar-refractivity contribution in [1.29, 1.82) is 0 Å². The maximum Gasteiger partial charge on any atom is 0.303 e. The maximum atomic E-state index is 11.0. The van der Waals surface area contributed by atoms with Crippen molar-refractivity contribution in [2.45, 2.75) is 12.8 Å². The molecule has 3 rings (SSSR count). The average Bonchev–Trinajstić information content (AvgIpc) is 2.91. The zero-order valence-corrected chi connectivity index (χ0v) is 14.2. The van der Waals surface area contributed by atoms with Crippen LogP contribution in [0.1, 0.15) is 12.0 Å². The van der Waals surface area contributed by atoms with E-state index in [-0.39, 0.29) is 6.42 Å². The van der Waals surface area contributed by atoms with Crippen molar-refractivity contribution >= 4 is 32.8 Å². The standard InChI is InChI=1S/C18H16BrNO3/c1-23-13-6-8-16-15(10-13)14(7-9-17(21)22)18(20-16)11-2-4-12(19)5-3-11/h2-6,8,10,20H,7,9H2,1H3,(H,21,22). The highest BCUT2D eigenvalue weighted by atomic mass is 79.9. The van der Waals surface area contributed by atoms with Gasteiger partial charge < -0.3 is 14.8 Å². The molecule has 0 aliphatic heterocycles. The number of aromatic amines is 1.